The van der Waals surface area contributed by atoms with Crippen molar-refractivity contribution in [2.24, 2.45) is 11.8 Å². The standard InChI is InChI=1S/C10H12/c1-7-8(2)10-5-3-9(7)4-6-10/h3,5,9-10H,1-2,4,6H2. The van der Waals surface area contributed by atoms with E-state index in [1.807, 2.05) is 0 Å². The Balaban J connectivity index is 2.42. The number of rotatable bonds is 0. The SMILES string of the molecule is C=C1C(=C)C2C=CC1CC2. The molecule has 0 nitrogen and oxygen atoms in total. The van der Waals surface area contributed by atoms with E-state index in [9.17, 15) is 0 Å². The summed E-state index contributed by atoms with van der Waals surface area (Å²) in [7, 11) is 0. The first kappa shape index (κ1) is 5.96. The molecule has 3 aliphatic rings. The summed E-state index contributed by atoms with van der Waals surface area (Å²) in [4.78, 5) is 0. The maximum absolute atomic E-state index is 4.03. The Bertz CT molecular complexity index is 196. The second-order valence-corrected chi connectivity index (χ2v) is 3.23. The minimum atomic E-state index is 0.623. The Morgan fingerprint density at radius 2 is 1.40 bits per heavy atom. The zero-order valence-corrected chi connectivity index (χ0v) is 6.14. The molecule has 0 aromatic rings. The van der Waals surface area contributed by atoms with Crippen LogP contribution in [0.25, 0.3) is 0 Å². The lowest BCUT2D eigenvalue weighted by Crippen LogP contribution is -2.21. The first-order chi connectivity index (χ1) is 4.79. The Morgan fingerprint density at radius 1 is 1.00 bits per heavy atom. The third kappa shape index (κ3) is 0.620. The fourth-order valence-corrected chi connectivity index (χ4v) is 1.88. The molecule has 0 N–H and O–H groups in total. The van der Waals surface area contributed by atoms with Crippen LogP contribution < -0.4 is 0 Å². The van der Waals surface area contributed by atoms with Crippen LogP contribution in [0.1, 0.15) is 12.8 Å². The van der Waals surface area contributed by atoms with Crippen LogP contribution >= 0.6 is 0 Å². The van der Waals surface area contributed by atoms with E-state index in [1.54, 1.807) is 0 Å². The maximum atomic E-state index is 4.03. The minimum absolute atomic E-state index is 0.623. The third-order valence-corrected chi connectivity index (χ3v) is 2.67. The fourth-order valence-electron chi connectivity index (χ4n) is 1.88. The first-order valence-electron chi connectivity index (χ1n) is 3.85. The monoisotopic (exact) mass is 132 g/mol. The van der Waals surface area contributed by atoms with Crippen molar-refractivity contribution in [3.63, 3.8) is 0 Å². The molecule has 52 valence electrons. The van der Waals surface area contributed by atoms with E-state index in [4.69, 9.17) is 0 Å². The molecule has 0 aromatic carbocycles. The number of allylic oxidation sites excluding steroid dienone is 4. The Kier molecular flexibility index (Phi) is 1.10. The highest BCUT2D eigenvalue weighted by Crippen LogP contribution is 2.41. The van der Waals surface area contributed by atoms with E-state index < -0.39 is 0 Å². The zero-order valence-electron chi connectivity index (χ0n) is 6.14. The van der Waals surface area contributed by atoms with Gasteiger partial charge in [0.15, 0.2) is 0 Å². The molecule has 0 amide bonds. The van der Waals surface area contributed by atoms with Crippen molar-refractivity contribution in [3.8, 4) is 0 Å². The molecule has 2 atom stereocenters. The van der Waals surface area contributed by atoms with E-state index in [-0.39, 0.29) is 0 Å². The summed E-state index contributed by atoms with van der Waals surface area (Å²) in [6.07, 6.45) is 7.15. The van der Waals surface area contributed by atoms with Crippen molar-refractivity contribution in [2.45, 2.75) is 12.8 Å². The third-order valence-electron chi connectivity index (χ3n) is 2.67. The summed E-state index contributed by atoms with van der Waals surface area (Å²) in [5.74, 6) is 1.25. The van der Waals surface area contributed by atoms with E-state index in [2.05, 4.69) is 25.3 Å². The topological polar surface area (TPSA) is 0 Å². The van der Waals surface area contributed by atoms with Gasteiger partial charge in [-0.3, -0.25) is 0 Å². The van der Waals surface area contributed by atoms with Crippen molar-refractivity contribution in [1.29, 1.82) is 0 Å². The van der Waals surface area contributed by atoms with Crippen LogP contribution in [-0.4, -0.2) is 0 Å². The van der Waals surface area contributed by atoms with E-state index in [0.29, 0.717) is 11.8 Å². The van der Waals surface area contributed by atoms with E-state index in [0.717, 1.165) is 0 Å². The van der Waals surface area contributed by atoms with E-state index >= 15 is 0 Å². The molecule has 0 radical (unpaired) electrons. The first-order valence-corrected chi connectivity index (χ1v) is 3.85. The van der Waals surface area contributed by atoms with Gasteiger partial charge in [-0.25, -0.2) is 0 Å². The van der Waals surface area contributed by atoms with Crippen LogP contribution in [0.5, 0.6) is 0 Å². The molecule has 0 heteroatoms. The summed E-state index contributed by atoms with van der Waals surface area (Å²) in [6.45, 7) is 8.05. The van der Waals surface area contributed by atoms with Crippen LogP contribution in [0.4, 0.5) is 0 Å². The fraction of sp³-hybridized carbons (Fsp3) is 0.400. The summed E-state index contributed by atoms with van der Waals surface area (Å²) in [6, 6.07) is 0. The second kappa shape index (κ2) is 1.85. The number of hydrogen-bond acceptors (Lipinski definition) is 0. The molecule has 0 aromatic heterocycles. The predicted octanol–water partition coefficient (Wildman–Crippen LogP) is 2.69. The lowest BCUT2D eigenvalue weighted by atomic mass is 9.71. The molecule has 2 bridgehead atoms. The second-order valence-electron chi connectivity index (χ2n) is 3.23. The summed E-state index contributed by atoms with van der Waals surface area (Å²) in [5, 5.41) is 0. The molecule has 1 saturated carbocycles. The molecule has 3 rings (SSSR count). The normalized spacial score (nSPS) is 37.2. The van der Waals surface area contributed by atoms with Crippen LogP contribution in [0.3, 0.4) is 0 Å². The summed E-state index contributed by atoms with van der Waals surface area (Å²) < 4.78 is 0. The highest BCUT2D eigenvalue weighted by molar-refractivity contribution is 5.41. The van der Waals surface area contributed by atoms with Crippen molar-refractivity contribution in [1.82, 2.24) is 0 Å². The van der Waals surface area contributed by atoms with Gasteiger partial charge in [0, 0.05) is 11.8 Å². The molecule has 3 aliphatic carbocycles. The molecular formula is C10H12. The van der Waals surface area contributed by atoms with Crippen molar-refractivity contribution < 1.29 is 0 Å². The van der Waals surface area contributed by atoms with Crippen molar-refractivity contribution in [3.05, 3.63) is 36.5 Å². The average Bonchev–Trinajstić information content (AvgIpc) is 2.00. The average molecular weight is 132 g/mol. The lowest BCUT2D eigenvalue weighted by molar-refractivity contribution is 0.485. The maximum Gasteiger partial charge on any atom is 0.00153 e. The van der Waals surface area contributed by atoms with Gasteiger partial charge in [-0.2, -0.15) is 0 Å². The molecule has 1 fully saturated rings. The van der Waals surface area contributed by atoms with Gasteiger partial charge in [0.1, 0.15) is 0 Å². The molecule has 0 aliphatic heterocycles. The van der Waals surface area contributed by atoms with Crippen LogP contribution in [-0.2, 0) is 0 Å². The van der Waals surface area contributed by atoms with Gasteiger partial charge in [0.05, 0.1) is 0 Å². The van der Waals surface area contributed by atoms with Gasteiger partial charge in [-0.15, -0.1) is 0 Å². The Morgan fingerprint density at radius 3 is 1.60 bits per heavy atom. The minimum Gasteiger partial charge on any atom is -0.0950 e. The molecule has 10 heavy (non-hydrogen) atoms. The van der Waals surface area contributed by atoms with Crippen LogP contribution in [0.15, 0.2) is 36.5 Å². The molecule has 0 saturated heterocycles. The predicted molar refractivity (Wildman–Crippen MR) is 43.6 cm³/mol. The smallest absolute Gasteiger partial charge is 0.00153 e. The van der Waals surface area contributed by atoms with Crippen molar-refractivity contribution >= 4 is 0 Å². The van der Waals surface area contributed by atoms with Gasteiger partial charge in [-0.1, -0.05) is 25.3 Å². The highest BCUT2D eigenvalue weighted by Gasteiger charge is 2.28. The van der Waals surface area contributed by atoms with Gasteiger partial charge >= 0.3 is 0 Å². The molecular weight excluding hydrogens is 120 g/mol. The van der Waals surface area contributed by atoms with Gasteiger partial charge in [0.2, 0.25) is 0 Å². The summed E-state index contributed by atoms with van der Waals surface area (Å²) in [5.41, 5.74) is 2.55. The van der Waals surface area contributed by atoms with E-state index in [1.165, 1.54) is 24.0 Å². The van der Waals surface area contributed by atoms with Gasteiger partial charge in [0.25, 0.3) is 0 Å². The zero-order chi connectivity index (χ0) is 7.14. The van der Waals surface area contributed by atoms with Crippen LogP contribution in [0.2, 0.25) is 0 Å². The number of fused-ring (bicyclic) bond motifs is 2. The van der Waals surface area contributed by atoms with Gasteiger partial charge in [-0.05, 0) is 24.0 Å². The Hall–Kier alpha value is -0.780. The van der Waals surface area contributed by atoms with Crippen molar-refractivity contribution in [2.75, 3.05) is 0 Å². The molecule has 0 heterocycles. The quantitative estimate of drug-likeness (QED) is 0.444. The van der Waals surface area contributed by atoms with Gasteiger partial charge < -0.3 is 0 Å². The highest BCUT2D eigenvalue weighted by atomic mass is 14.3. The summed E-state index contributed by atoms with van der Waals surface area (Å²) >= 11 is 0. The Labute approximate surface area is 61.9 Å². The largest absolute Gasteiger partial charge is 0.0950 e. The number of hydrogen-bond donors (Lipinski definition) is 0. The van der Waals surface area contributed by atoms with Crippen LogP contribution in [0, 0.1) is 11.8 Å². The molecule has 0 spiro atoms. The molecule has 2 unspecified atom stereocenters. The lowest BCUT2D eigenvalue weighted by Gasteiger charge is -2.34.